The highest BCUT2D eigenvalue weighted by Gasteiger charge is 2.50. The molecular weight excluding hydrogens is 453 g/mol. The first-order valence-corrected chi connectivity index (χ1v) is 10.8. The van der Waals surface area contributed by atoms with Crippen LogP contribution in [0.3, 0.4) is 0 Å². The fraction of sp³-hybridized carbons (Fsp3) is 0.360. The molecule has 1 aliphatic heterocycles. The fourth-order valence-electron chi connectivity index (χ4n) is 4.33. The summed E-state index contributed by atoms with van der Waals surface area (Å²) in [6.07, 6.45) is -2.93. The van der Waals surface area contributed by atoms with Crippen LogP contribution in [-0.2, 0) is 20.4 Å². The highest BCUT2D eigenvalue weighted by Crippen LogP contribution is 2.43. The van der Waals surface area contributed by atoms with E-state index in [2.05, 4.69) is 0 Å². The standard InChI is InChI=1S/C25H23F3O6/c26-25(27,28)16-7-4-8-18(11-16)32-14-17(29)9-10-19-20-12-23(30)33-22(20)13-21(19)34-24(31)15-5-2-1-3-6-15/h1-11,17,19-22,29H,12-14H2/b10-9+/t17-,19?,20-,21-,22+/m1/s1. The highest BCUT2D eigenvalue weighted by atomic mass is 19.4. The SMILES string of the molecule is O=C1C[C@@H]2C(/C=C/[C@@H](O)COc3cccc(C(F)(F)F)c3)[C@H](OC(=O)c3ccccc3)C[C@@H]2O1. The molecule has 0 amide bonds. The van der Waals surface area contributed by atoms with E-state index in [1.807, 2.05) is 0 Å². The topological polar surface area (TPSA) is 82.1 Å². The molecule has 5 atom stereocenters. The summed E-state index contributed by atoms with van der Waals surface area (Å²) in [5.74, 6) is -1.41. The number of aliphatic hydroxyl groups is 1. The number of ether oxygens (including phenoxy) is 3. The minimum atomic E-state index is -4.50. The van der Waals surface area contributed by atoms with Crippen LogP contribution in [0.5, 0.6) is 5.75 Å². The maximum Gasteiger partial charge on any atom is 0.416 e. The van der Waals surface area contributed by atoms with E-state index in [4.69, 9.17) is 14.2 Å². The molecule has 2 aliphatic rings. The predicted octanol–water partition coefficient (Wildman–Crippen LogP) is 4.18. The molecule has 6 nitrogen and oxygen atoms in total. The van der Waals surface area contributed by atoms with Crippen molar-refractivity contribution in [3.05, 3.63) is 77.9 Å². The summed E-state index contributed by atoms with van der Waals surface area (Å²) in [7, 11) is 0. The van der Waals surface area contributed by atoms with E-state index >= 15 is 0 Å². The molecule has 34 heavy (non-hydrogen) atoms. The first-order chi connectivity index (χ1) is 16.2. The lowest BCUT2D eigenvalue weighted by Gasteiger charge is -2.20. The van der Waals surface area contributed by atoms with Crippen LogP contribution in [0.25, 0.3) is 0 Å². The van der Waals surface area contributed by atoms with Gasteiger partial charge in [-0.2, -0.15) is 13.2 Å². The van der Waals surface area contributed by atoms with Crippen LogP contribution in [0.2, 0.25) is 0 Å². The van der Waals surface area contributed by atoms with E-state index in [-0.39, 0.29) is 42.7 Å². The largest absolute Gasteiger partial charge is 0.491 e. The molecule has 1 N–H and O–H groups in total. The molecule has 4 rings (SSSR count). The van der Waals surface area contributed by atoms with Gasteiger partial charge >= 0.3 is 18.1 Å². The van der Waals surface area contributed by atoms with Gasteiger partial charge in [0.05, 0.1) is 17.5 Å². The fourth-order valence-corrected chi connectivity index (χ4v) is 4.33. The van der Waals surface area contributed by atoms with Crippen molar-refractivity contribution in [1.82, 2.24) is 0 Å². The van der Waals surface area contributed by atoms with Gasteiger partial charge in [-0.3, -0.25) is 4.79 Å². The number of hydrogen-bond acceptors (Lipinski definition) is 6. The van der Waals surface area contributed by atoms with Crippen molar-refractivity contribution in [3.63, 3.8) is 0 Å². The number of benzene rings is 2. The van der Waals surface area contributed by atoms with Crippen LogP contribution in [-0.4, -0.2) is 42.0 Å². The van der Waals surface area contributed by atoms with Gasteiger partial charge in [0.25, 0.3) is 0 Å². The van der Waals surface area contributed by atoms with Crippen LogP contribution in [0.4, 0.5) is 13.2 Å². The van der Waals surface area contributed by atoms with Gasteiger partial charge in [0.2, 0.25) is 0 Å². The zero-order chi connectivity index (χ0) is 24.3. The summed E-state index contributed by atoms with van der Waals surface area (Å²) >= 11 is 0. The average molecular weight is 476 g/mol. The molecular formula is C25H23F3O6. The van der Waals surface area contributed by atoms with Gasteiger partial charge in [0, 0.05) is 18.3 Å². The number of fused-ring (bicyclic) bond motifs is 1. The number of carbonyl (C=O) groups excluding carboxylic acids is 2. The Balaban J connectivity index is 1.40. The molecule has 9 heteroatoms. The Morgan fingerprint density at radius 2 is 1.94 bits per heavy atom. The van der Waals surface area contributed by atoms with Crippen molar-refractivity contribution in [1.29, 1.82) is 0 Å². The van der Waals surface area contributed by atoms with Crippen LogP contribution in [0, 0.1) is 11.8 Å². The Morgan fingerprint density at radius 3 is 2.68 bits per heavy atom. The second kappa shape index (κ2) is 9.89. The second-order valence-electron chi connectivity index (χ2n) is 8.31. The third kappa shape index (κ3) is 5.59. The van der Waals surface area contributed by atoms with Crippen LogP contribution in [0.1, 0.15) is 28.8 Å². The number of alkyl halides is 3. The van der Waals surface area contributed by atoms with Crippen molar-refractivity contribution in [2.45, 2.75) is 37.3 Å². The van der Waals surface area contributed by atoms with E-state index < -0.39 is 29.9 Å². The third-order valence-electron chi connectivity index (χ3n) is 5.96. The summed E-state index contributed by atoms with van der Waals surface area (Å²) in [5, 5.41) is 10.3. The Morgan fingerprint density at radius 1 is 1.18 bits per heavy atom. The second-order valence-corrected chi connectivity index (χ2v) is 8.31. The van der Waals surface area contributed by atoms with Gasteiger partial charge in [-0.05, 0) is 30.3 Å². The van der Waals surface area contributed by atoms with E-state index in [0.717, 1.165) is 12.1 Å². The Hall–Kier alpha value is -3.33. The Kier molecular flexibility index (Phi) is 6.92. The van der Waals surface area contributed by atoms with Gasteiger partial charge in [-0.25, -0.2) is 4.79 Å². The first-order valence-electron chi connectivity index (χ1n) is 10.8. The summed E-state index contributed by atoms with van der Waals surface area (Å²) in [6, 6.07) is 12.9. The zero-order valence-electron chi connectivity index (χ0n) is 18.0. The van der Waals surface area contributed by atoms with Crippen LogP contribution >= 0.6 is 0 Å². The molecule has 0 aromatic heterocycles. The lowest BCUT2D eigenvalue weighted by atomic mass is 9.91. The molecule has 0 bridgehead atoms. The summed E-state index contributed by atoms with van der Waals surface area (Å²) in [4.78, 5) is 24.3. The molecule has 2 aromatic rings. The van der Waals surface area contributed by atoms with E-state index in [1.165, 1.54) is 18.2 Å². The molecule has 1 aliphatic carbocycles. The van der Waals surface area contributed by atoms with Crippen molar-refractivity contribution >= 4 is 11.9 Å². The Labute approximate surface area is 193 Å². The Bertz CT molecular complexity index is 1050. The zero-order valence-corrected chi connectivity index (χ0v) is 18.0. The summed E-state index contributed by atoms with van der Waals surface area (Å²) in [6.45, 7) is -0.275. The lowest BCUT2D eigenvalue weighted by Crippen LogP contribution is -2.25. The van der Waals surface area contributed by atoms with Gasteiger partial charge in [0.1, 0.15) is 30.7 Å². The first kappa shape index (κ1) is 23.8. The maximum absolute atomic E-state index is 12.8. The molecule has 2 fully saturated rings. The van der Waals surface area contributed by atoms with Crippen molar-refractivity contribution < 1.29 is 42.1 Å². The maximum atomic E-state index is 12.8. The average Bonchev–Trinajstić information content (AvgIpc) is 3.31. The van der Waals surface area contributed by atoms with Crippen molar-refractivity contribution in [2.24, 2.45) is 11.8 Å². The molecule has 180 valence electrons. The summed E-state index contributed by atoms with van der Waals surface area (Å²) in [5.41, 5.74) is -0.449. The van der Waals surface area contributed by atoms with Crippen LogP contribution in [0.15, 0.2) is 66.7 Å². The predicted molar refractivity (Wildman–Crippen MR) is 114 cm³/mol. The minimum absolute atomic E-state index is 0.0207. The molecule has 1 heterocycles. The van der Waals surface area contributed by atoms with Gasteiger partial charge in [-0.1, -0.05) is 36.4 Å². The quantitative estimate of drug-likeness (QED) is 0.477. The van der Waals surface area contributed by atoms with Crippen molar-refractivity contribution in [3.8, 4) is 5.75 Å². The highest BCUT2D eigenvalue weighted by molar-refractivity contribution is 5.89. The van der Waals surface area contributed by atoms with E-state index in [9.17, 15) is 27.9 Å². The number of carbonyl (C=O) groups is 2. The van der Waals surface area contributed by atoms with Crippen molar-refractivity contribution in [2.75, 3.05) is 6.61 Å². The number of hydrogen-bond donors (Lipinski definition) is 1. The van der Waals surface area contributed by atoms with E-state index in [1.54, 1.807) is 36.4 Å². The minimum Gasteiger partial charge on any atom is -0.491 e. The number of aliphatic hydroxyl groups excluding tert-OH is 1. The molecule has 2 aromatic carbocycles. The molecule has 1 saturated heterocycles. The van der Waals surface area contributed by atoms with E-state index in [0.29, 0.717) is 12.0 Å². The van der Waals surface area contributed by atoms with Gasteiger partial charge < -0.3 is 19.3 Å². The molecule has 1 saturated carbocycles. The van der Waals surface area contributed by atoms with Gasteiger partial charge in [-0.15, -0.1) is 0 Å². The molecule has 0 spiro atoms. The summed E-state index contributed by atoms with van der Waals surface area (Å²) < 4.78 is 54.9. The lowest BCUT2D eigenvalue weighted by molar-refractivity contribution is -0.142. The normalized spacial score (nSPS) is 25.1. The van der Waals surface area contributed by atoms with Crippen LogP contribution < -0.4 is 4.74 Å². The number of halogens is 3. The third-order valence-corrected chi connectivity index (χ3v) is 5.96. The number of rotatable bonds is 7. The monoisotopic (exact) mass is 476 g/mol. The van der Waals surface area contributed by atoms with Gasteiger partial charge in [0.15, 0.2) is 0 Å². The molecule has 0 radical (unpaired) electrons. The smallest absolute Gasteiger partial charge is 0.416 e. The number of esters is 2. The molecule has 1 unspecified atom stereocenters.